The number of hydrogen-bond donors (Lipinski definition) is 1. The zero-order chi connectivity index (χ0) is 20.9. The fourth-order valence-electron chi connectivity index (χ4n) is 3.41. The smallest absolute Gasteiger partial charge is 0.226 e. The number of aromatic nitrogens is 2. The van der Waals surface area contributed by atoms with Crippen LogP contribution in [0.5, 0.6) is 0 Å². The van der Waals surface area contributed by atoms with Crippen molar-refractivity contribution < 1.29 is 9.32 Å². The van der Waals surface area contributed by atoms with Crippen LogP contribution in [0.25, 0.3) is 10.7 Å². The van der Waals surface area contributed by atoms with Crippen molar-refractivity contribution in [3.8, 4) is 10.7 Å². The molecule has 4 rings (SSSR count). The van der Waals surface area contributed by atoms with Crippen molar-refractivity contribution in [1.82, 2.24) is 15.0 Å². The molecule has 158 valence electrons. The second-order valence-electron chi connectivity index (χ2n) is 7.34. The first kappa shape index (κ1) is 20.8. The molecule has 9 heteroatoms. The molecule has 3 aromatic rings. The Bertz CT molecular complexity index is 983. The van der Waals surface area contributed by atoms with Crippen LogP contribution in [0.1, 0.15) is 18.7 Å². The molecule has 30 heavy (non-hydrogen) atoms. The molecule has 1 aliphatic rings. The third-order valence-corrected chi connectivity index (χ3v) is 6.18. The van der Waals surface area contributed by atoms with Crippen LogP contribution in [-0.4, -0.2) is 54.2 Å². The lowest BCUT2D eigenvalue weighted by Crippen LogP contribution is -2.44. The Kier molecular flexibility index (Phi) is 6.66. The van der Waals surface area contributed by atoms with Gasteiger partial charge in [0.15, 0.2) is 0 Å². The summed E-state index contributed by atoms with van der Waals surface area (Å²) in [5, 5.41) is 9.61. The number of thiophene rings is 1. The molecule has 1 N–H and O–H groups in total. The molecule has 1 fully saturated rings. The highest BCUT2D eigenvalue weighted by Crippen LogP contribution is 2.30. The predicted octanol–water partition coefficient (Wildman–Crippen LogP) is 4.16. The van der Waals surface area contributed by atoms with Crippen molar-refractivity contribution in [2.45, 2.75) is 19.3 Å². The number of nitrogens with one attached hydrogen (secondary N) is 1. The van der Waals surface area contributed by atoms with Crippen molar-refractivity contribution in [3.63, 3.8) is 0 Å². The van der Waals surface area contributed by atoms with Gasteiger partial charge in [-0.15, -0.1) is 11.3 Å². The molecule has 0 spiro atoms. The van der Waals surface area contributed by atoms with E-state index in [2.05, 4.69) is 32.3 Å². The number of amides is 1. The third-order valence-electron chi connectivity index (χ3n) is 5.08. The number of aryl methyl sites for hydroxylation is 1. The van der Waals surface area contributed by atoms with E-state index >= 15 is 0 Å². The Morgan fingerprint density at radius 2 is 2.10 bits per heavy atom. The number of likely N-dealkylation sites (N-methyl/N-ethyl adjacent to an activating group) is 1. The molecular weight excluding hydrogens is 422 g/mol. The van der Waals surface area contributed by atoms with Gasteiger partial charge in [0, 0.05) is 44.0 Å². The number of carbonyl (C=O) groups excluding carboxylic acids is 1. The highest BCUT2D eigenvalue weighted by atomic mass is 35.5. The highest BCUT2D eigenvalue weighted by Gasteiger charge is 2.18. The van der Waals surface area contributed by atoms with E-state index in [9.17, 15) is 4.79 Å². The number of halogens is 1. The summed E-state index contributed by atoms with van der Waals surface area (Å²) >= 11 is 7.75. The van der Waals surface area contributed by atoms with Gasteiger partial charge in [-0.25, -0.2) is 0 Å². The van der Waals surface area contributed by atoms with E-state index in [-0.39, 0.29) is 5.91 Å². The maximum absolute atomic E-state index is 12.5. The van der Waals surface area contributed by atoms with Gasteiger partial charge < -0.3 is 19.6 Å². The van der Waals surface area contributed by atoms with Crippen LogP contribution < -0.4 is 10.2 Å². The SMILES string of the molecule is CN1CCN(c2ccc(Cl)cc2NC(=O)CCCc2nc(-c3cccs3)no2)CC1. The molecule has 0 aliphatic carbocycles. The molecule has 0 saturated carbocycles. The minimum absolute atomic E-state index is 0.0503. The predicted molar refractivity (Wildman–Crippen MR) is 120 cm³/mol. The van der Waals surface area contributed by atoms with Crippen LogP contribution in [0.15, 0.2) is 40.2 Å². The fraction of sp³-hybridized carbons (Fsp3) is 0.381. The van der Waals surface area contributed by atoms with Gasteiger partial charge in [-0.1, -0.05) is 22.8 Å². The van der Waals surface area contributed by atoms with Crippen LogP contribution >= 0.6 is 22.9 Å². The molecule has 7 nitrogen and oxygen atoms in total. The van der Waals surface area contributed by atoms with Gasteiger partial charge in [-0.3, -0.25) is 4.79 Å². The second-order valence-corrected chi connectivity index (χ2v) is 8.73. The first-order valence-corrected chi connectivity index (χ1v) is 11.2. The lowest BCUT2D eigenvalue weighted by atomic mass is 10.2. The van der Waals surface area contributed by atoms with E-state index in [0.29, 0.717) is 36.0 Å². The first-order chi connectivity index (χ1) is 14.6. The van der Waals surface area contributed by atoms with Gasteiger partial charge in [0.25, 0.3) is 0 Å². The lowest BCUT2D eigenvalue weighted by molar-refractivity contribution is -0.116. The monoisotopic (exact) mass is 445 g/mol. The Morgan fingerprint density at radius 1 is 1.27 bits per heavy atom. The molecule has 1 saturated heterocycles. The Hall–Kier alpha value is -2.42. The van der Waals surface area contributed by atoms with Crippen molar-refractivity contribution >= 4 is 40.2 Å². The topological polar surface area (TPSA) is 74.5 Å². The van der Waals surface area contributed by atoms with Crippen LogP contribution in [0.4, 0.5) is 11.4 Å². The van der Waals surface area contributed by atoms with E-state index < -0.39 is 0 Å². The van der Waals surface area contributed by atoms with Crippen molar-refractivity contribution in [2.75, 3.05) is 43.4 Å². The van der Waals surface area contributed by atoms with Gasteiger partial charge in [0.1, 0.15) is 0 Å². The van der Waals surface area contributed by atoms with E-state index in [1.54, 1.807) is 11.3 Å². The summed E-state index contributed by atoms with van der Waals surface area (Å²) in [5.41, 5.74) is 1.77. The van der Waals surface area contributed by atoms with Gasteiger partial charge >= 0.3 is 0 Å². The average Bonchev–Trinajstić information content (AvgIpc) is 3.41. The lowest BCUT2D eigenvalue weighted by Gasteiger charge is -2.35. The number of benzene rings is 1. The number of rotatable bonds is 7. The van der Waals surface area contributed by atoms with Gasteiger partial charge in [-0.05, 0) is 43.1 Å². The van der Waals surface area contributed by atoms with E-state index in [4.69, 9.17) is 16.1 Å². The third kappa shape index (κ3) is 5.19. The van der Waals surface area contributed by atoms with Gasteiger partial charge in [0.05, 0.1) is 16.3 Å². The quantitative estimate of drug-likeness (QED) is 0.588. The van der Waals surface area contributed by atoms with E-state index in [0.717, 1.165) is 42.4 Å². The summed E-state index contributed by atoms with van der Waals surface area (Å²) in [4.78, 5) is 22.5. The molecule has 0 bridgehead atoms. The second kappa shape index (κ2) is 9.59. The molecule has 3 heterocycles. The zero-order valence-electron chi connectivity index (χ0n) is 16.8. The molecule has 0 atom stereocenters. The normalized spacial score (nSPS) is 14.8. The van der Waals surface area contributed by atoms with Crippen LogP contribution in [-0.2, 0) is 11.2 Å². The largest absolute Gasteiger partial charge is 0.367 e. The summed E-state index contributed by atoms with van der Waals surface area (Å²) in [6, 6.07) is 9.57. The Labute approximate surface area is 184 Å². The standard InChI is InChI=1S/C21H24ClN5O2S/c1-26-9-11-27(12-10-26)17-8-7-15(22)14-16(17)23-19(28)5-2-6-20-24-21(25-29-20)18-4-3-13-30-18/h3-4,7-8,13-14H,2,5-6,9-12H2,1H3,(H,23,28). The van der Waals surface area contributed by atoms with Crippen LogP contribution in [0.2, 0.25) is 5.02 Å². The summed E-state index contributed by atoms with van der Waals surface area (Å²) in [6.07, 6.45) is 1.56. The van der Waals surface area contributed by atoms with Crippen molar-refractivity contribution in [3.05, 3.63) is 46.6 Å². The molecule has 0 unspecified atom stereocenters. The number of carbonyl (C=O) groups is 1. The molecule has 2 aromatic heterocycles. The molecular formula is C21H24ClN5O2S. The number of anilines is 2. The van der Waals surface area contributed by atoms with Crippen LogP contribution in [0, 0.1) is 0 Å². The maximum atomic E-state index is 12.5. The minimum Gasteiger partial charge on any atom is -0.367 e. The Morgan fingerprint density at radius 3 is 2.87 bits per heavy atom. The maximum Gasteiger partial charge on any atom is 0.226 e. The van der Waals surface area contributed by atoms with E-state index in [1.807, 2.05) is 35.7 Å². The summed E-state index contributed by atoms with van der Waals surface area (Å²) in [6.45, 7) is 3.83. The molecule has 0 radical (unpaired) electrons. The summed E-state index contributed by atoms with van der Waals surface area (Å²) < 4.78 is 5.30. The molecule has 1 aliphatic heterocycles. The van der Waals surface area contributed by atoms with Crippen molar-refractivity contribution in [2.24, 2.45) is 0 Å². The van der Waals surface area contributed by atoms with Gasteiger partial charge in [0.2, 0.25) is 17.6 Å². The highest BCUT2D eigenvalue weighted by molar-refractivity contribution is 7.13. The van der Waals surface area contributed by atoms with E-state index in [1.165, 1.54) is 0 Å². The summed E-state index contributed by atoms with van der Waals surface area (Å²) in [5.74, 6) is 1.10. The zero-order valence-corrected chi connectivity index (χ0v) is 18.4. The van der Waals surface area contributed by atoms with Crippen LogP contribution in [0.3, 0.4) is 0 Å². The summed E-state index contributed by atoms with van der Waals surface area (Å²) in [7, 11) is 2.12. The fourth-order valence-corrected chi connectivity index (χ4v) is 4.23. The van der Waals surface area contributed by atoms with Crippen molar-refractivity contribution in [1.29, 1.82) is 0 Å². The van der Waals surface area contributed by atoms with Gasteiger partial charge in [-0.2, -0.15) is 4.98 Å². The minimum atomic E-state index is -0.0503. The first-order valence-electron chi connectivity index (χ1n) is 9.98. The molecule has 1 aromatic carbocycles. The molecule has 1 amide bonds. The number of hydrogen-bond acceptors (Lipinski definition) is 7. The number of piperazine rings is 1. The number of nitrogens with zero attached hydrogens (tertiary/aromatic N) is 4. The average molecular weight is 446 g/mol. The Balaban J connectivity index is 1.32.